The molecule has 0 spiro atoms. The van der Waals surface area contributed by atoms with Crippen LogP contribution in [-0.2, 0) is 11.2 Å². The predicted octanol–water partition coefficient (Wildman–Crippen LogP) is 2.21. The fourth-order valence-corrected chi connectivity index (χ4v) is 2.96. The Morgan fingerprint density at radius 2 is 1.80 bits per heavy atom. The van der Waals surface area contributed by atoms with E-state index in [4.69, 9.17) is 0 Å². The molecule has 0 bridgehead atoms. The first kappa shape index (κ1) is 17.1. The zero-order chi connectivity index (χ0) is 17.8. The van der Waals surface area contributed by atoms with Crippen LogP contribution in [-0.4, -0.2) is 52.8 Å². The first-order chi connectivity index (χ1) is 12.0. The highest BCUT2D eigenvalue weighted by molar-refractivity contribution is 5.94. The van der Waals surface area contributed by atoms with Crippen LogP contribution in [0.1, 0.15) is 22.3 Å². The topological polar surface area (TPSA) is 56.4 Å². The Labute approximate surface area is 144 Å². The molecule has 7 heteroatoms. The van der Waals surface area contributed by atoms with Gasteiger partial charge in [-0.15, -0.1) is 0 Å². The van der Waals surface area contributed by atoms with E-state index in [-0.39, 0.29) is 11.5 Å². The van der Waals surface area contributed by atoms with Gasteiger partial charge >= 0.3 is 0 Å². The zero-order valence-electron chi connectivity index (χ0n) is 13.7. The molecule has 0 radical (unpaired) electrons. The molecule has 0 saturated carbocycles. The van der Waals surface area contributed by atoms with Gasteiger partial charge in [0.05, 0.1) is 12.0 Å². The van der Waals surface area contributed by atoms with Crippen LogP contribution in [0.4, 0.5) is 8.78 Å². The van der Waals surface area contributed by atoms with Crippen LogP contribution in [0.25, 0.3) is 0 Å². The third-order valence-corrected chi connectivity index (χ3v) is 4.31. The monoisotopic (exact) mass is 347 g/mol. The van der Waals surface area contributed by atoms with Crippen molar-refractivity contribution in [2.45, 2.75) is 12.8 Å². The smallest absolute Gasteiger partial charge is 0.256 e. The van der Waals surface area contributed by atoms with Crippen molar-refractivity contribution in [3.63, 3.8) is 0 Å². The van der Waals surface area contributed by atoms with Gasteiger partial charge in [-0.05, 0) is 36.2 Å². The highest BCUT2D eigenvalue weighted by Gasteiger charge is 2.24. The molecule has 1 saturated heterocycles. The van der Waals surface area contributed by atoms with E-state index >= 15 is 0 Å². The number of aromatic amines is 1. The third kappa shape index (κ3) is 4.04. The molecule has 2 heterocycles. The van der Waals surface area contributed by atoms with Crippen LogP contribution in [0, 0.1) is 11.6 Å². The van der Waals surface area contributed by atoms with E-state index in [0.29, 0.717) is 39.0 Å². The summed E-state index contributed by atoms with van der Waals surface area (Å²) in [6, 6.07) is 4.69. The van der Waals surface area contributed by atoms with Crippen LogP contribution in [0.5, 0.6) is 0 Å². The molecule has 3 rings (SSSR count). The molecule has 1 N–H and O–H groups in total. The maximum Gasteiger partial charge on any atom is 0.256 e. The van der Waals surface area contributed by atoms with Crippen molar-refractivity contribution in [2.24, 2.45) is 0 Å². The molecule has 2 aromatic rings. The van der Waals surface area contributed by atoms with E-state index in [1.807, 2.05) is 6.07 Å². The summed E-state index contributed by atoms with van der Waals surface area (Å²) in [7, 11) is 0. The largest absolute Gasteiger partial charge is 0.367 e. The second-order valence-corrected chi connectivity index (χ2v) is 6.05. The van der Waals surface area contributed by atoms with E-state index in [1.165, 1.54) is 4.90 Å². The van der Waals surface area contributed by atoms with Crippen molar-refractivity contribution in [3.05, 3.63) is 59.4 Å². The van der Waals surface area contributed by atoms with E-state index in [0.717, 1.165) is 23.8 Å². The SMILES string of the molecule is O=C(Cc1cc[nH]c1)N1CCCN(C(=O)c2cc(F)ccc2F)CC1. The average molecular weight is 347 g/mol. The molecule has 5 nitrogen and oxygen atoms in total. The molecule has 0 aliphatic carbocycles. The number of H-pyrrole nitrogens is 1. The number of amides is 2. The molecule has 0 unspecified atom stereocenters. The van der Waals surface area contributed by atoms with Crippen LogP contribution in [0.2, 0.25) is 0 Å². The Bertz CT molecular complexity index is 762. The number of benzene rings is 1. The number of hydrogen-bond acceptors (Lipinski definition) is 2. The summed E-state index contributed by atoms with van der Waals surface area (Å²) in [6.07, 6.45) is 4.44. The van der Waals surface area contributed by atoms with E-state index in [1.54, 1.807) is 17.3 Å². The van der Waals surface area contributed by atoms with Gasteiger partial charge in [0.2, 0.25) is 5.91 Å². The molecule has 25 heavy (non-hydrogen) atoms. The summed E-state index contributed by atoms with van der Waals surface area (Å²) < 4.78 is 27.1. The van der Waals surface area contributed by atoms with Crippen molar-refractivity contribution in [1.82, 2.24) is 14.8 Å². The number of carbonyl (C=O) groups is 2. The molecular formula is C18H19F2N3O2. The maximum absolute atomic E-state index is 13.8. The van der Waals surface area contributed by atoms with Gasteiger partial charge in [0.25, 0.3) is 5.91 Å². The number of carbonyl (C=O) groups excluding carboxylic acids is 2. The lowest BCUT2D eigenvalue weighted by Gasteiger charge is -2.22. The van der Waals surface area contributed by atoms with E-state index in [9.17, 15) is 18.4 Å². The molecule has 1 aromatic carbocycles. The van der Waals surface area contributed by atoms with Gasteiger partial charge in [-0.25, -0.2) is 8.78 Å². The number of rotatable bonds is 3. The Kier molecular flexibility index (Phi) is 5.11. The van der Waals surface area contributed by atoms with Crippen LogP contribution >= 0.6 is 0 Å². The number of nitrogens with one attached hydrogen (secondary N) is 1. The van der Waals surface area contributed by atoms with Crippen molar-refractivity contribution >= 4 is 11.8 Å². The van der Waals surface area contributed by atoms with Gasteiger partial charge in [-0.2, -0.15) is 0 Å². The molecule has 2 amide bonds. The van der Waals surface area contributed by atoms with Crippen LogP contribution < -0.4 is 0 Å². The van der Waals surface area contributed by atoms with Crippen molar-refractivity contribution in [1.29, 1.82) is 0 Å². The third-order valence-electron chi connectivity index (χ3n) is 4.31. The quantitative estimate of drug-likeness (QED) is 0.926. The number of halogens is 2. The number of aromatic nitrogens is 1. The lowest BCUT2D eigenvalue weighted by atomic mass is 10.1. The van der Waals surface area contributed by atoms with Gasteiger partial charge in [-0.1, -0.05) is 0 Å². The van der Waals surface area contributed by atoms with E-state index < -0.39 is 17.5 Å². The lowest BCUT2D eigenvalue weighted by molar-refractivity contribution is -0.130. The molecule has 1 fully saturated rings. The summed E-state index contributed by atoms with van der Waals surface area (Å²) >= 11 is 0. The second kappa shape index (κ2) is 7.46. The van der Waals surface area contributed by atoms with Crippen molar-refractivity contribution in [2.75, 3.05) is 26.2 Å². The summed E-state index contributed by atoms with van der Waals surface area (Å²) in [5.74, 6) is -1.94. The molecule has 132 valence electrons. The minimum absolute atomic E-state index is 0.00849. The summed E-state index contributed by atoms with van der Waals surface area (Å²) in [5.41, 5.74) is 0.635. The van der Waals surface area contributed by atoms with Crippen molar-refractivity contribution in [3.8, 4) is 0 Å². The molecule has 1 aromatic heterocycles. The van der Waals surface area contributed by atoms with Gasteiger partial charge in [0.15, 0.2) is 0 Å². The summed E-state index contributed by atoms with van der Waals surface area (Å²) in [4.78, 5) is 30.9. The standard InChI is InChI=1S/C18H19F2N3O2/c19-14-2-3-16(20)15(11-14)18(25)23-7-1-6-22(8-9-23)17(24)10-13-4-5-21-12-13/h2-5,11-12,21H,1,6-10H2. The molecule has 1 aliphatic heterocycles. The van der Waals surface area contributed by atoms with Gasteiger partial charge in [0, 0.05) is 38.6 Å². The lowest BCUT2D eigenvalue weighted by Crippen LogP contribution is -2.38. The molecular weight excluding hydrogens is 328 g/mol. The normalized spacial score (nSPS) is 15.1. The van der Waals surface area contributed by atoms with Crippen LogP contribution in [0.3, 0.4) is 0 Å². The highest BCUT2D eigenvalue weighted by Crippen LogP contribution is 2.15. The zero-order valence-corrected chi connectivity index (χ0v) is 13.7. The van der Waals surface area contributed by atoms with Gasteiger partial charge < -0.3 is 14.8 Å². The average Bonchev–Trinajstić information content (AvgIpc) is 2.97. The first-order valence-electron chi connectivity index (χ1n) is 8.18. The molecule has 0 atom stereocenters. The number of nitrogens with zero attached hydrogens (tertiary/aromatic N) is 2. The van der Waals surface area contributed by atoms with E-state index in [2.05, 4.69) is 4.98 Å². The van der Waals surface area contributed by atoms with Gasteiger partial charge in [-0.3, -0.25) is 9.59 Å². The fourth-order valence-electron chi connectivity index (χ4n) is 2.96. The Balaban J connectivity index is 1.64. The summed E-state index contributed by atoms with van der Waals surface area (Å²) in [5, 5.41) is 0. The Hall–Kier alpha value is -2.70. The Morgan fingerprint density at radius 3 is 2.56 bits per heavy atom. The summed E-state index contributed by atoms with van der Waals surface area (Å²) in [6.45, 7) is 1.63. The predicted molar refractivity (Wildman–Crippen MR) is 88.0 cm³/mol. The minimum atomic E-state index is -0.740. The number of hydrogen-bond donors (Lipinski definition) is 1. The Morgan fingerprint density at radius 1 is 1.04 bits per heavy atom. The fraction of sp³-hybridized carbons (Fsp3) is 0.333. The van der Waals surface area contributed by atoms with Crippen LogP contribution in [0.15, 0.2) is 36.7 Å². The highest BCUT2D eigenvalue weighted by atomic mass is 19.1. The maximum atomic E-state index is 13.8. The van der Waals surface area contributed by atoms with Crippen molar-refractivity contribution < 1.29 is 18.4 Å². The molecule has 1 aliphatic rings. The van der Waals surface area contributed by atoms with Gasteiger partial charge in [0.1, 0.15) is 11.6 Å². The minimum Gasteiger partial charge on any atom is -0.367 e. The first-order valence-corrected chi connectivity index (χ1v) is 8.18. The second-order valence-electron chi connectivity index (χ2n) is 6.05.